The zero-order valence-electron chi connectivity index (χ0n) is 12.7. The first-order chi connectivity index (χ1) is 10.6. The van der Waals surface area contributed by atoms with Crippen LogP contribution < -0.4 is 11.1 Å². The van der Waals surface area contributed by atoms with E-state index in [-0.39, 0.29) is 11.7 Å². The second-order valence-corrected chi connectivity index (χ2v) is 5.87. The van der Waals surface area contributed by atoms with Crippen LogP contribution in [0.25, 0.3) is 0 Å². The molecule has 0 spiro atoms. The van der Waals surface area contributed by atoms with Crippen LogP contribution in [0.3, 0.4) is 0 Å². The number of hydrogen-bond acceptors (Lipinski definition) is 3. The Morgan fingerprint density at radius 2 is 1.86 bits per heavy atom. The van der Waals surface area contributed by atoms with Crippen LogP contribution in [0.1, 0.15) is 29.9 Å². The summed E-state index contributed by atoms with van der Waals surface area (Å²) < 4.78 is 0. The van der Waals surface area contributed by atoms with E-state index in [0.29, 0.717) is 12.1 Å². The summed E-state index contributed by atoms with van der Waals surface area (Å²) in [6, 6.07) is 16.1. The molecule has 2 aromatic rings. The van der Waals surface area contributed by atoms with E-state index in [9.17, 15) is 4.79 Å². The molecular weight excluding hydrogens is 272 g/mol. The lowest BCUT2D eigenvalue weighted by atomic mass is 9.85. The van der Waals surface area contributed by atoms with Crippen molar-refractivity contribution in [3.05, 3.63) is 71.4 Å². The number of carbonyl (C=O) groups is 1. The molecule has 3 nitrogen and oxygen atoms in total. The van der Waals surface area contributed by atoms with E-state index in [1.165, 1.54) is 5.56 Å². The van der Waals surface area contributed by atoms with E-state index < -0.39 is 0 Å². The van der Waals surface area contributed by atoms with Crippen molar-refractivity contribution >= 4 is 17.2 Å². The second kappa shape index (κ2) is 6.06. The molecule has 0 saturated carbocycles. The topological polar surface area (TPSA) is 55.1 Å². The summed E-state index contributed by atoms with van der Waals surface area (Å²) in [4.78, 5) is 12.0. The summed E-state index contributed by atoms with van der Waals surface area (Å²) in [5, 5.41) is 3.32. The lowest BCUT2D eigenvalue weighted by Crippen LogP contribution is -2.17. The minimum absolute atomic E-state index is 0.160. The summed E-state index contributed by atoms with van der Waals surface area (Å²) >= 11 is 0. The van der Waals surface area contributed by atoms with Crippen molar-refractivity contribution in [2.45, 2.75) is 25.7 Å². The van der Waals surface area contributed by atoms with Gasteiger partial charge < -0.3 is 11.1 Å². The number of aryl methyl sites for hydroxylation is 1. The highest BCUT2D eigenvalue weighted by molar-refractivity contribution is 5.92. The number of nitrogen functional groups attached to an aromatic ring is 1. The highest BCUT2D eigenvalue weighted by Gasteiger charge is 2.22. The number of nitrogens with one attached hydrogen (secondary N) is 1. The molecule has 1 aliphatic rings. The molecule has 3 rings (SSSR count). The highest BCUT2D eigenvalue weighted by atomic mass is 16.1. The molecule has 1 atom stereocenters. The van der Waals surface area contributed by atoms with E-state index in [4.69, 9.17) is 5.73 Å². The number of anilines is 2. The van der Waals surface area contributed by atoms with Gasteiger partial charge in [0.25, 0.3) is 0 Å². The number of hydrogen-bond donors (Lipinski definition) is 2. The Kier molecular flexibility index (Phi) is 3.96. The summed E-state index contributed by atoms with van der Waals surface area (Å²) in [5.74, 6) is 0.390. The molecule has 1 unspecified atom stereocenters. The fourth-order valence-electron chi connectivity index (χ4n) is 2.91. The molecule has 0 aliphatic heterocycles. The molecule has 22 heavy (non-hydrogen) atoms. The number of carbonyl (C=O) groups excluding carboxylic acids is 1. The van der Waals surface area contributed by atoms with Crippen LogP contribution in [0, 0.1) is 6.92 Å². The summed E-state index contributed by atoms with van der Waals surface area (Å²) in [6.07, 6.45) is 3.10. The van der Waals surface area contributed by atoms with Crippen LogP contribution in [0.4, 0.5) is 11.4 Å². The first kappa shape index (κ1) is 14.4. The largest absolute Gasteiger partial charge is 0.397 e. The Balaban J connectivity index is 1.80. The maximum Gasteiger partial charge on any atom is 0.158 e. The Bertz CT molecular complexity index is 719. The van der Waals surface area contributed by atoms with E-state index in [2.05, 4.69) is 17.4 Å². The molecule has 3 heteroatoms. The molecule has 112 valence electrons. The average Bonchev–Trinajstić information content (AvgIpc) is 2.50. The quantitative estimate of drug-likeness (QED) is 0.840. The van der Waals surface area contributed by atoms with Gasteiger partial charge in [-0.2, -0.15) is 0 Å². The molecule has 0 amide bonds. The van der Waals surface area contributed by atoms with Gasteiger partial charge >= 0.3 is 0 Å². The Labute approximate surface area is 130 Å². The van der Waals surface area contributed by atoms with Crippen LogP contribution in [0.5, 0.6) is 0 Å². The summed E-state index contributed by atoms with van der Waals surface area (Å²) in [6.45, 7) is 2.01. The third kappa shape index (κ3) is 3.19. The van der Waals surface area contributed by atoms with Crippen LogP contribution in [0.15, 0.2) is 60.3 Å². The number of allylic oxidation sites excluding steroid dienone is 2. The van der Waals surface area contributed by atoms with Crippen molar-refractivity contribution in [2.75, 3.05) is 11.1 Å². The van der Waals surface area contributed by atoms with Crippen LogP contribution >= 0.6 is 0 Å². The Morgan fingerprint density at radius 1 is 1.09 bits per heavy atom. The smallest absolute Gasteiger partial charge is 0.158 e. The minimum Gasteiger partial charge on any atom is -0.397 e. The maximum atomic E-state index is 12.0. The zero-order chi connectivity index (χ0) is 15.5. The first-order valence-corrected chi connectivity index (χ1v) is 7.53. The molecule has 0 bridgehead atoms. The van der Waals surface area contributed by atoms with Crippen molar-refractivity contribution < 1.29 is 4.79 Å². The summed E-state index contributed by atoms with van der Waals surface area (Å²) in [7, 11) is 0. The third-order valence-electron chi connectivity index (χ3n) is 4.02. The fraction of sp³-hybridized carbons (Fsp3) is 0.211. The van der Waals surface area contributed by atoms with E-state index in [1.54, 1.807) is 6.08 Å². The number of benzene rings is 2. The first-order valence-electron chi connectivity index (χ1n) is 7.53. The second-order valence-electron chi connectivity index (χ2n) is 5.87. The van der Waals surface area contributed by atoms with Gasteiger partial charge in [0, 0.05) is 18.2 Å². The molecule has 1 aliphatic carbocycles. The van der Waals surface area contributed by atoms with E-state index in [0.717, 1.165) is 23.4 Å². The lowest BCUT2D eigenvalue weighted by molar-refractivity contribution is -0.115. The van der Waals surface area contributed by atoms with Gasteiger partial charge in [-0.05, 0) is 42.5 Å². The molecule has 0 radical (unpaired) electrons. The SMILES string of the molecule is Cc1ccc(NC2=CC(=O)CC(c3ccccc3)C2)c(N)c1. The monoisotopic (exact) mass is 292 g/mol. The van der Waals surface area contributed by atoms with Crippen LogP contribution in [-0.2, 0) is 4.79 Å². The van der Waals surface area contributed by atoms with Gasteiger partial charge in [0.15, 0.2) is 5.78 Å². The van der Waals surface area contributed by atoms with Gasteiger partial charge in [-0.3, -0.25) is 4.79 Å². The normalized spacial score (nSPS) is 18.0. The van der Waals surface area contributed by atoms with Crippen molar-refractivity contribution in [1.29, 1.82) is 0 Å². The van der Waals surface area contributed by atoms with Gasteiger partial charge in [0.1, 0.15) is 0 Å². The molecule has 0 fully saturated rings. The van der Waals surface area contributed by atoms with Gasteiger partial charge in [0.2, 0.25) is 0 Å². The Morgan fingerprint density at radius 3 is 2.59 bits per heavy atom. The fourth-order valence-corrected chi connectivity index (χ4v) is 2.91. The van der Waals surface area contributed by atoms with E-state index >= 15 is 0 Å². The molecule has 0 heterocycles. The molecule has 0 aromatic heterocycles. The standard InChI is InChI=1S/C19H20N2O/c1-13-7-8-19(18(20)9-13)21-16-10-15(11-17(22)12-16)14-5-3-2-4-6-14/h2-9,12,15,21H,10-11,20H2,1H3. The summed E-state index contributed by atoms with van der Waals surface area (Å²) in [5.41, 5.74) is 10.9. The van der Waals surface area contributed by atoms with Gasteiger partial charge in [0.05, 0.1) is 11.4 Å². The van der Waals surface area contributed by atoms with Crippen LogP contribution in [0.2, 0.25) is 0 Å². The number of nitrogens with two attached hydrogens (primary N) is 1. The highest BCUT2D eigenvalue weighted by Crippen LogP contribution is 2.32. The van der Waals surface area contributed by atoms with Crippen molar-refractivity contribution in [1.82, 2.24) is 0 Å². The Hall–Kier alpha value is -2.55. The number of ketones is 1. The maximum absolute atomic E-state index is 12.0. The van der Waals surface area contributed by atoms with Gasteiger partial charge in [-0.1, -0.05) is 36.4 Å². The molecular formula is C19H20N2O. The van der Waals surface area contributed by atoms with Crippen molar-refractivity contribution in [2.24, 2.45) is 0 Å². The van der Waals surface area contributed by atoms with Crippen molar-refractivity contribution in [3.63, 3.8) is 0 Å². The van der Waals surface area contributed by atoms with Gasteiger partial charge in [-0.25, -0.2) is 0 Å². The predicted molar refractivity (Wildman–Crippen MR) is 90.7 cm³/mol. The number of rotatable bonds is 3. The van der Waals surface area contributed by atoms with Crippen LogP contribution in [-0.4, -0.2) is 5.78 Å². The van der Waals surface area contributed by atoms with Crippen molar-refractivity contribution in [3.8, 4) is 0 Å². The third-order valence-corrected chi connectivity index (χ3v) is 4.02. The lowest BCUT2D eigenvalue weighted by Gasteiger charge is -2.24. The predicted octanol–water partition coefficient (Wildman–Crippen LogP) is 4.02. The van der Waals surface area contributed by atoms with E-state index in [1.807, 2.05) is 43.3 Å². The average molecular weight is 292 g/mol. The van der Waals surface area contributed by atoms with Gasteiger partial charge in [-0.15, -0.1) is 0 Å². The molecule has 2 aromatic carbocycles. The zero-order valence-corrected chi connectivity index (χ0v) is 12.7. The molecule has 0 saturated heterocycles. The molecule has 3 N–H and O–H groups in total. The minimum atomic E-state index is 0.160.